The van der Waals surface area contributed by atoms with Crippen LogP contribution in [0, 0.1) is 11.3 Å². The largest absolute Gasteiger partial charge is 0.439 e. The van der Waals surface area contributed by atoms with E-state index < -0.39 is 5.92 Å². The van der Waals surface area contributed by atoms with Gasteiger partial charge in [-0.3, -0.25) is 9.78 Å². The fourth-order valence-electron chi connectivity index (χ4n) is 3.31. The zero-order valence-corrected chi connectivity index (χ0v) is 13.4. The monoisotopic (exact) mass is 330 g/mol. The fourth-order valence-corrected chi connectivity index (χ4v) is 3.31. The number of rotatable bonds is 1. The quantitative estimate of drug-likeness (QED) is 0.738. The van der Waals surface area contributed by atoms with Crippen LogP contribution in [0.15, 0.2) is 65.0 Å². The van der Waals surface area contributed by atoms with Crippen molar-refractivity contribution in [3.8, 4) is 11.8 Å². The minimum absolute atomic E-state index is 0.0160. The van der Waals surface area contributed by atoms with E-state index in [0.717, 1.165) is 16.5 Å². The highest BCUT2D eigenvalue weighted by molar-refractivity contribution is 5.88. The Hall–Kier alpha value is -3.59. The number of para-hydroxylation sites is 1. The topological polar surface area (TPSA) is 93.9 Å². The number of fused-ring (bicyclic) bond motifs is 3. The number of nitrogens with zero attached hydrogens (tertiary/aromatic N) is 3. The Morgan fingerprint density at radius 2 is 2.08 bits per heavy atom. The van der Waals surface area contributed by atoms with Crippen LogP contribution in [0.2, 0.25) is 0 Å². The summed E-state index contributed by atoms with van der Waals surface area (Å²) in [6, 6.07) is 13.1. The highest BCUT2D eigenvalue weighted by Gasteiger charge is 2.35. The van der Waals surface area contributed by atoms with Gasteiger partial charge in [0.25, 0.3) is 5.56 Å². The first-order chi connectivity index (χ1) is 12.1. The molecule has 122 valence electrons. The summed E-state index contributed by atoms with van der Waals surface area (Å²) in [5, 5.41) is 10.4. The van der Waals surface area contributed by atoms with Crippen molar-refractivity contribution in [2.75, 3.05) is 0 Å². The van der Waals surface area contributed by atoms with E-state index in [2.05, 4.69) is 11.1 Å². The van der Waals surface area contributed by atoms with Gasteiger partial charge < -0.3 is 15.0 Å². The van der Waals surface area contributed by atoms with Crippen LogP contribution < -0.4 is 16.0 Å². The number of hydrogen-bond acceptors (Lipinski definition) is 5. The first kappa shape index (κ1) is 15.0. The first-order valence-electron chi connectivity index (χ1n) is 7.72. The molecule has 1 aromatic carbocycles. The third kappa shape index (κ3) is 2.10. The smallest absolute Gasteiger partial charge is 0.258 e. The molecule has 6 heteroatoms. The second-order valence-electron chi connectivity index (χ2n) is 5.84. The summed E-state index contributed by atoms with van der Waals surface area (Å²) in [5.41, 5.74) is 7.88. The number of benzene rings is 1. The Kier molecular flexibility index (Phi) is 3.29. The number of nitriles is 1. The lowest BCUT2D eigenvalue weighted by atomic mass is 9.84. The van der Waals surface area contributed by atoms with Crippen LogP contribution in [0.25, 0.3) is 10.9 Å². The molecule has 0 fully saturated rings. The molecule has 2 aromatic heterocycles. The number of ether oxygens (including phenoxy) is 1. The summed E-state index contributed by atoms with van der Waals surface area (Å²) in [5.74, 6) is -0.183. The molecule has 2 N–H and O–H groups in total. The van der Waals surface area contributed by atoms with Crippen molar-refractivity contribution in [3.63, 3.8) is 0 Å². The van der Waals surface area contributed by atoms with Crippen molar-refractivity contribution in [1.82, 2.24) is 9.55 Å². The zero-order valence-electron chi connectivity index (χ0n) is 13.4. The van der Waals surface area contributed by atoms with Gasteiger partial charge >= 0.3 is 0 Å². The summed E-state index contributed by atoms with van der Waals surface area (Å²) in [4.78, 5) is 17.2. The van der Waals surface area contributed by atoms with Crippen molar-refractivity contribution >= 4 is 10.9 Å². The average molecular weight is 330 g/mol. The van der Waals surface area contributed by atoms with Gasteiger partial charge in [0.05, 0.1) is 17.0 Å². The number of allylic oxidation sites excluding steroid dienone is 1. The second kappa shape index (κ2) is 5.49. The predicted molar refractivity (Wildman–Crippen MR) is 92.7 cm³/mol. The molecule has 0 spiro atoms. The molecule has 0 amide bonds. The molecule has 3 heterocycles. The van der Waals surface area contributed by atoms with E-state index >= 15 is 0 Å². The average Bonchev–Trinajstić information content (AvgIpc) is 2.66. The summed E-state index contributed by atoms with van der Waals surface area (Å²) in [6.45, 7) is 0. The van der Waals surface area contributed by atoms with Crippen LogP contribution in [0.4, 0.5) is 0 Å². The maximum Gasteiger partial charge on any atom is 0.258 e. The highest BCUT2D eigenvalue weighted by atomic mass is 16.5. The maximum absolute atomic E-state index is 13.1. The predicted octanol–water partition coefficient (Wildman–Crippen LogP) is 2.15. The number of aromatic nitrogens is 2. The lowest BCUT2D eigenvalue weighted by Gasteiger charge is -2.27. The van der Waals surface area contributed by atoms with Gasteiger partial charge in [-0.05, 0) is 23.8 Å². The van der Waals surface area contributed by atoms with Gasteiger partial charge in [-0.2, -0.15) is 5.26 Å². The summed E-state index contributed by atoms with van der Waals surface area (Å²) in [6.07, 6.45) is 3.28. The maximum atomic E-state index is 13.1. The van der Waals surface area contributed by atoms with Gasteiger partial charge in [-0.15, -0.1) is 0 Å². The second-order valence-corrected chi connectivity index (χ2v) is 5.84. The van der Waals surface area contributed by atoms with Crippen LogP contribution in [0.3, 0.4) is 0 Å². The standard InChI is InChI=1S/C19H14N4O2/c1-23-14-7-3-2-6-12(14)17-16(19(23)24)15(11-5-4-8-22-10-11)13(9-20)18(21)25-17/h2-8,10,15H,21H2,1H3/t15-/m1/s1. The summed E-state index contributed by atoms with van der Waals surface area (Å²) in [7, 11) is 1.71. The third-order valence-corrected chi connectivity index (χ3v) is 4.48. The van der Waals surface area contributed by atoms with E-state index in [-0.39, 0.29) is 17.0 Å². The zero-order chi connectivity index (χ0) is 17.6. The Balaban J connectivity index is 2.15. The third-order valence-electron chi connectivity index (χ3n) is 4.48. The number of nitrogens with two attached hydrogens (primary N) is 1. The van der Waals surface area contributed by atoms with Gasteiger partial charge in [0.1, 0.15) is 17.4 Å². The van der Waals surface area contributed by atoms with E-state index in [4.69, 9.17) is 10.5 Å². The molecule has 3 aromatic rings. The molecule has 0 saturated heterocycles. The van der Waals surface area contributed by atoms with Crippen molar-refractivity contribution < 1.29 is 4.74 Å². The van der Waals surface area contributed by atoms with Gasteiger partial charge in [-0.25, -0.2) is 0 Å². The van der Waals surface area contributed by atoms with Crippen LogP contribution in [0.1, 0.15) is 17.0 Å². The molecule has 4 rings (SSSR count). The van der Waals surface area contributed by atoms with Crippen LogP contribution in [-0.4, -0.2) is 9.55 Å². The molecule has 0 aliphatic carbocycles. The fraction of sp³-hybridized carbons (Fsp3) is 0.105. The van der Waals surface area contributed by atoms with Gasteiger partial charge in [0.2, 0.25) is 5.88 Å². The van der Waals surface area contributed by atoms with E-state index in [1.54, 1.807) is 30.1 Å². The van der Waals surface area contributed by atoms with Crippen LogP contribution in [-0.2, 0) is 7.05 Å². The summed E-state index contributed by atoms with van der Waals surface area (Å²) >= 11 is 0. The lowest BCUT2D eigenvalue weighted by Crippen LogP contribution is -2.31. The Labute approximate surface area is 143 Å². The summed E-state index contributed by atoms with van der Waals surface area (Å²) < 4.78 is 7.30. The highest BCUT2D eigenvalue weighted by Crippen LogP contribution is 2.42. The molecule has 0 radical (unpaired) electrons. The van der Waals surface area contributed by atoms with Gasteiger partial charge in [0.15, 0.2) is 0 Å². The molecular formula is C19H14N4O2. The Morgan fingerprint density at radius 1 is 1.28 bits per heavy atom. The Morgan fingerprint density at radius 3 is 2.80 bits per heavy atom. The molecule has 1 aliphatic heterocycles. The molecule has 0 saturated carbocycles. The van der Waals surface area contributed by atoms with E-state index in [1.165, 1.54) is 0 Å². The minimum Gasteiger partial charge on any atom is -0.439 e. The molecule has 25 heavy (non-hydrogen) atoms. The Bertz CT molecular complexity index is 1120. The van der Waals surface area contributed by atoms with E-state index in [0.29, 0.717) is 11.3 Å². The molecule has 1 aliphatic rings. The SMILES string of the molecule is Cn1c(=O)c2c(c3ccccc31)OC(N)=C(C#N)[C@H]2c1cccnc1. The molecular weight excluding hydrogens is 316 g/mol. The number of hydrogen-bond donors (Lipinski definition) is 1. The molecule has 0 unspecified atom stereocenters. The van der Waals surface area contributed by atoms with Crippen molar-refractivity contribution in [2.45, 2.75) is 5.92 Å². The minimum atomic E-state index is -0.606. The molecule has 1 atom stereocenters. The number of pyridine rings is 2. The lowest BCUT2D eigenvalue weighted by molar-refractivity contribution is 0.396. The van der Waals surface area contributed by atoms with Crippen LogP contribution >= 0.6 is 0 Å². The molecule has 0 bridgehead atoms. The molecule has 6 nitrogen and oxygen atoms in total. The first-order valence-corrected chi connectivity index (χ1v) is 7.72. The van der Waals surface area contributed by atoms with E-state index in [1.807, 2.05) is 30.3 Å². The van der Waals surface area contributed by atoms with Crippen molar-refractivity contribution in [3.05, 3.63) is 81.7 Å². The van der Waals surface area contributed by atoms with Gasteiger partial charge in [0, 0.05) is 24.8 Å². The van der Waals surface area contributed by atoms with Gasteiger partial charge in [-0.1, -0.05) is 18.2 Å². The van der Waals surface area contributed by atoms with Crippen LogP contribution in [0.5, 0.6) is 5.75 Å². The van der Waals surface area contributed by atoms with Crippen molar-refractivity contribution in [1.29, 1.82) is 5.26 Å². The van der Waals surface area contributed by atoms with Crippen molar-refractivity contribution in [2.24, 2.45) is 12.8 Å². The normalized spacial score (nSPS) is 16.2. The number of aryl methyl sites for hydroxylation is 1. The van der Waals surface area contributed by atoms with E-state index in [9.17, 15) is 10.1 Å².